The Morgan fingerprint density at radius 3 is 2.89 bits per heavy atom. The van der Waals surface area contributed by atoms with E-state index in [4.69, 9.17) is 15.2 Å². The molecule has 0 aliphatic heterocycles. The summed E-state index contributed by atoms with van der Waals surface area (Å²) in [5.41, 5.74) is 6.75. The normalized spacial score (nSPS) is 10.5. The molecule has 0 aliphatic rings. The Kier molecular flexibility index (Phi) is 4.43. The summed E-state index contributed by atoms with van der Waals surface area (Å²) in [6.07, 6.45) is 1.47. The Labute approximate surface area is 111 Å². The first-order valence-electron chi connectivity index (χ1n) is 5.83. The second-order valence-corrected chi connectivity index (χ2v) is 3.98. The van der Waals surface area contributed by atoms with Gasteiger partial charge in [0, 0.05) is 25.4 Å². The van der Waals surface area contributed by atoms with E-state index in [0.29, 0.717) is 17.9 Å². The van der Waals surface area contributed by atoms with Crippen LogP contribution in [0.15, 0.2) is 36.5 Å². The van der Waals surface area contributed by atoms with Crippen molar-refractivity contribution in [2.24, 2.45) is 5.73 Å². The lowest BCUT2D eigenvalue weighted by atomic mass is 10.2. The van der Waals surface area contributed by atoms with Gasteiger partial charge < -0.3 is 15.2 Å². The quantitative estimate of drug-likeness (QED) is 0.899. The van der Waals surface area contributed by atoms with E-state index >= 15 is 0 Å². The molecule has 19 heavy (non-hydrogen) atoms. The van der Waals surface area contributed by atoms with Crippen LogP contribution in [-0.2, 0) is 17.9 Å². The van der Waals surface area contributed by atoms with Crippen molar-refractivity contribution in [3.63, 3.8) is 0 Å². The molecule has 1 heterocycles. The van der Waals surface area contributed by atoms with Gasteiger partial charge in [0.05, 0.1) is 6.61 Å². The van der Waals surface area contributed by atoms with Crippen molar-refractivity contribution in [3.8, 4) is 11.6 Å². The predicted molar refractivity (Wildman–Crippen MR) is 69.3 cm³/mol. The molecule has 0 bridgehead atoms. The minimum Gasteiger partial charge on any atom is -0.436 e. The van der Waals surface area contributed by atoms with Crippen molar-refractivity contribution in [1.82, 2.24) is 4.98 Å². The van der Waals surface area contributed by atoms with Crippen molar-refractivity contribution in [1.29, 1.82) is 0 Å². The van der Waals surface area contributed by atoms with E-state index in [1.165, 1.54) is 12.3 Å². The summed E-state index contributed by atoms with van der Waals surface area (Å²) >= 11 is 0. The average Bonchev–Trinajstić information content (AvgIpc) is 2.42. The topological polar surface area (TPSA) is 57.4 Å². The summed E-state index contributed by atoms with van der Waals surface area (Å²) in [5.74, 6) is -0.0882. The number of ether oxygens (including phenoxy) is 2. The SMILES string of the molecule is COCc1cccc(Oc2nccc(CN)c2F)c1. The second kappa shape index (κ2) is 6.26. The molecule has 0 aliphatic carbocycles. The van der Waals surface area contributed by atoms with E-state index in [2.05, 4.69) is 4.98 Å². The van der Waals surface area contributed by atoms with Crippen LogP contribution in [-0.4, -0.2) is 12.1 Å². The molecule has 0 saturated carbocycles. The van der Waals surface area contributed by atoms with Crippen LogP contribution in [0.25, 0.3) is 0 Å². The molecular formula is C14H15FN2O2. The molecule has 100 valence electrons. The zero-order chi connectivity index (χ0) is 13.7. The van der Waals surface area contributed by atoms with Crippen molar-refractivity contribution in [3.05, 3.63) is 53.5 Å². The first-order chi connectivity index (χ1) is 9.24. The van der Waals surface area contributed by atoms with Crippen LogP contribution < -0.4 is 10.5 Å². The fourth-order valence-corrected chi connectivity index (χ4v) is 1.67. The lowest BCUT2D eigenvalue weighted by Crippen LogP contribution is -2.02. The molecule has 0 unspecified atom stereocenters. The minimum absolute atomic E-state index is 0.0717. The number of hydrogen-bond acceptors (Lipinski definition) is 4. The van der Waals surface area contributed by atoms with Crippen molar-refractivity contribution in [2.75, 3.05) is 7.11 Å². The molecule has 1 aromatic carbocycles. The summed E-state index contributed by atoms with van der Waals surface area (Å²) in [5, 5.41) is 0. The van der Waals surface area contributed by atoms with Gasteiger partial charge in [-0.1, -0.05) is 12.1 Å². The number of nitrogens with two attached hydrogens (primary N) is 1. The molecule has 0 fully saturated rings. The molecule has 1 aromatic heterocycles. The van der Waals surface area contributed by atoms with Gasteiger partial charge in [-0.3, -0.25) is 0 Å². The molecular weight excluding hydrogens is 247 g/mol. The van der Waals surface area contributed by atoms with E-state index in [0.717, 1.165) is 5.56 Å². The minimum atomic E-state index is -0.526. The first kappa shape index (κ1) is 13.5. The third-order valence-corrected chi connectivity index (χ3v) is 2.58. The zero-order valence-corrected chi connectivity index (χ0v) is 10.6. The monoisotopic (exact) mass is 262 g/mol. The lowest BCUT2D eigenvalue weighted by molar-refractivity contribution is 0.184. The molecule has 2 N–H and O–H groups in total. The predicted octanol–water partition coefficient (Wildman–Crippen LogP) is 2.62. The molecule has 2 rings (SSSR count). The van der Waals surface area contributed by atoms with E-state index in [1.54, 1.807) is 19.2 Å². The Bertz CT molecular complexity index is 561. The molecule has 0 saturated heterocycles. The maximum Gasteiger partial charge on any atom is 0.256 e. The number of rotatable bonds is 5. The Morgan fingerprint density at radius 2 is 2.16 bits per heavy atom. The highest BCUT2D eigenvalue weighted by atomic mass is 19.1. The van der Waals surface area contributed by atoms with Crippen molar-refractivity contribution in [2.45, 2.75) is 13.2 Å². The van der Waals surface area contributed by atoms with Gasteiger partial charge in [0.1, 0.15) is 5.75 Å². The van der Waals surface area contributed by atoms with Gasteiger partial charge in [0.15, 0.2) is 5.82 Å². The summed E-state index contributed by atoms with van der Waals surface area (Å²) < 4.78 is 24.4. The zero-order valence-electron chi connectivity index (χ0n) is 10.6. The number of halogens is 1. The molecule has 0 spiro atoms. The van der Waals surface area contributed by atoms with Gasteiger partial charge in [-0.05, 0) is 23.8 Å². The summed E-state index contributed by atoms with van der Waals surface area (Å²) in [6, 6.07) is 8.75. The third kappa shape index (κ3) is 3.27. The largest absolute Gasteiger partial charge is 0.436 e. The van der Waals surface area contributed by atoms with Gasteiger partial charge in [-0.25, -0.2) is 9.37 Å². The fraction of sp³-hybridized carbons (Fsp3) is 0.214. The number of methoxy groups -OCH3 is 1. The maximum atomic E-state index is 13.9. The standard InChI is InChI=1S/C14H15FN2O2/c1-18-9-10-3-2-4-12(7-10)19-14-13(15)11(8-16)5-6-17-14/h2-7H,8-9,16H2,1H3. The molecule has 0 amide bonds. The van der Waals surface area contributed by atoms with Crippen LogP contribution in [0.2, 0.25) is 0 Å². The van der Waals surface area contributed by atoms with E-state index in [-0.39, 0.29) is 12.4 Å². The average molecular weight is 262 g/mol. The van der Waals surface area contributed by atoms with Gasteiger partial charge in [-0.15, -0.1) is 0 Å². The van der Waals surface area contributed by atoms with E-state index in [9.17, 15) is 4.39 Å². The number of nitrogens with zero attached hydrogens (tertiary/aromatic N) is 1. The van der Waals surface area contributed by atoms with Crippen LogP contribution >= 0.6 is 0 Å². The smallest absolute Gasteiger partial charge is 0.256 e. The highest BCUT2D eigenvalue weighted by Crippen LogP contribution is 2.24. The number of benzene rings is 1. The second-order valence-electron chi connectivity index (χ2n) is 3.98. The highest BCUT2D eigenvalue weighted by molar-refractivity contribution is 5.33. The maximum absolute atomic E-state index is 13.9. The summed E-state index contributed by atoms with van der Waals surface area (Å²) in [6.45, 7) is 0.574. The molecule has 0 atom stereocenters. The molecule has 4 nitrogen and oxygen atoms in total. The number of pyridine rings is 1. The number of hydrogen-bond donors (Lipinski definition) is 1. The molecule has 5 heteroatoms. The summed E-state index contributed by atoms with van der Waals surface area (Å²) in [7, 11) is 1.61. The van der Waals surface area contributed by atoms with Crippen LogP contribution in [0.4, 0.5) is 4.39 Å². The van der Waals surface area contributed by atoms with Crippen LogP contribution in [0.1, 0.15) is 11.1 Å². The lowest BCUT2D eigenvalue weighted by Gasteiger charge is -2.09. The van der Waals surface area contributed by atoms with Gasteiger partial charge in [0.2, 0.25) is 0 Å². The summed E-state index contributed by atoms with van der Waals surface area (Å²) in [4.78, 5) is 3.87. The Morgan fingerprint density at radius 1 is 1.32 bits per heavy atom. The van der Waals surface area contributed by atoms with Crippen molar-refractivity contribution >= 4 is 0 Å². The first-order valence-corrected chi connectivity index (χ1v) is 5.83. The third-order valence-electron chi connectivity index (χ3n) is 2.58. The molecule has 0 radical (unpaired) electrons. The van der Waals surface area contributed by atoms with Crippen molar-refractivity contribution < 1.29 is 13.9 Å². The fourth-order valence-electron chi connectivity index (χ4n) is 1.67. The highest BCUT2D eigenvalue weighted by Gasteiger charge is 2.10. The number of aromatic nitrogens is 1. The van der Waals surface area contributed by atoms with Gasteiger partial charge in [0.25, 0.3) is 5.88 Å². The van der Waals surface area contributed by atoms with Gasteiger partial charge in [-0.2, -0.15) is 0 Å². The Balaban J connectivity index is 2.23. The van der Waals surface area contributed by atoms with E-state index in [1.807, 2.05) is 12.1 Å². The van der Waals surface area contributed by atoms with Gasteiger partial charge >= 0.3 is 0 Å². The van der Waals surface area contributed by atoms with Crippen LogP contribution in [0, 0.1) is 5.82 Å². The Hall–Kier alpha value is -1.98. The van der Waals surface area contributed by atoms with Crippen LogP contribution in [0.3, 0.4) is 0 Å². The molecule has 2 aromatic rings. The van der Waals surface area contributed by atoms with Crippen LogP contribution in [0.5, 0.6) is 11.6 Å². The van der Waals surface area contributed by atoms with E-state index < -0.39 is 5.82 Å².